The van der Waals surface area contributed by atoms with Crippen LogP contribution in [0, 0.1) is 6.92 Å². The Balaban J connectivity index is 1.59. The fourth-order valence-electron chi connectivity index (χ4n) is 3.07. The number of anilines is 1. The number of oxazole rings is 1. The second-order valence-electron chi connectivity index (χ2n) is 6.59. The highest BCUT2D eigenvalue weighted by Crippen LogP contribution is 2.29. The molecule has 4 aromatic rings. The van der Waals surface area contributed by atoms with E-state index < -0.39 is 0 Å². The van der Waals surface area contributed by atoms with Gasteiger partial charge in [0.25, 0.3) is 5.91 Å². The number of aromatic nitrogens is 1. The van der Waals surface area contributed by atoms with Crippen molar-refractivity contribution in [1.29, 1.82) is 0 Å². The first-order valence-electron chi connectivity index (χ1n) is 9.08. The molecule has 0 aliphatic rings. The third-order valence-corrected chi connectivity index (χ3v) is 4.56. The summed E-state index contributed by atoms with van der Waals surface area (Å²) in [5.74, 6) is 1.32. The number of rotatable bonds is 5. The Labute approximate surface area is 168 Å². The van der Waals surface area contributed by atoms with E-state index in [1.165, 1.54) is 7.11 Å². The molecule has 0 aliphatic carbocycles. The van der Waals surface area contributed by atoms with Crippen molar-refractivity contribution in [2.45, 2.75) is 6.92 Å². The molecule has 6 heteroatoms. The lowest BCUT2D eigenvalue weighted by Gasteiger charge is -2.10. The van der Waals surface area contributed by atoms with Crippen LogP contribution in [0.15, 0.2) is 65.1 Å². The lowest BCUT2D eigenvalue weighted by atomic mass is 10.1. The number of aryl methyl sites for hydroxylation is 1. The van der Waals surface area contributed by atoms with Gasteiger partial charge in [0.05, 0.1) is 14.2 Å². The molecule has 29 heavy (non-hydrogen) atoms. The third-order valence-electron chi connectivity index (χ3n) is 4.56. The topological polar surface area (TPSA) is 73.6 Å². The molecule has 3 aromatic carbocycles. The molecule has 146 valence electrons. The van der Waals surface area contributed by atoms with Crippen molar-refractivity contribution in [1.82, 2.24) is 4.98 Å². The smallest absolute Gasteiger partial charge is 0.255 e. The maximum absolute atomic E-state index is 12.7. The fraction of sp³-hybridized carbons (Fsp3) is 0.130. The van der Waals surface area contributed by atoms with Crippen molar-refractivity contribution in [2.75, 3.05) is 19.5 Å². The highest BCUT2D eigenvalue weighted by atomic mass is 16.5. The van der Waals surface area contributed by atoms with Crippen molar-refractivity contribution >= 4 is 22.7 Å². The average molecular weight is 388 g/mol. The molecular formula is C23H20N2O4. The second kappa shape index (κ2) is 7.67. The zero-order valence-corrected chi connectivity index (χ0v) is 16.4. The van der Waals surface area contributed by atoms with Gasteiger partial charge in [-0.25, -0.2) is 4.98 Å². The van der Waals surface area contributed by atoms with E-state index in [-0.39, 0.29) is 5.91 Å². The lowest BCUT2D eigenvalue weighted by molar-refractivity contribution is 0.102. The molecule has 1 heterocycles. The summed E-state index contributed by atoms with van der Waals surface area (Å²) in [5, 5.41) is 2.90. The predicted octanol–water partition coefficient (Wildman–Crippen LogP) is 5.07. The van der Waals surface area contributed by atoms with Gasteiger partial charge in [-0.15, -0.1) is 0 Å². The fourth-order valence-corrected chi connectivity index (χ4v) is 3.07. The van der Waals surface area contributed by atoms with Gasteiger partial charge in [-0.3, -0.25) is 4.79 Å². The summed E-state index contributed by atoms with van der Waals surface area (Å²) in [5.41, 5.74) is 4.52. The summed E-state index contributed by atoms with van der Waals surface area (Å²) in [6, 6.07) is 18.3. The quantitative estimate of drug-likeness (QED) is 0.516. The number of carbonyl (C=O) groups excluding carboxylic acids is 1. The Morgan fingerprint density at radius 1 is 0.966 bits per heavy atom. The molecule has 0 aliphatic heterocycles. The van der Waals surface area contributed by atoms with Crippen LogP contribution in [0.5, 0.6) is 11.5 Å². The molecule has 0 bridgehead atoms. The van der Waals surface area contributed by atoms with E-state index in [0.29, 0.717) is 28.6 Å². The van der Waals surface area contributed by atoms with Crippen molar-refractivity contribution in [3.8, 4) is 23.0 Å². The normalized spacial score (nSPS) is 10.7. The molecule has 1 amide bonds. The van der Waals surface area contributed by atoms with Gasteiger partial charge in [-0.05, 0) is 61.0 Å². The van der Waals surface area contributed by atoms with E-state index in [0.717, 1.165) is 22.2 Å². The van der Waals surface area contributed by atoms with Crippen molar-refractivity contribution in [2.24, 2.45) is 0 Å². The number of nitrogens with zero attached hydrogens (tertiary/aromatic N) is 1. The number of ether oxygens (including phenoxy) is 2. The van der Waals surface area contributed by atoms with Crippen LogP contribution >= 0.6 is 0 Å². The summed E-state index contributed by atoms with van der Waals surface area (Å²) >= 11 is 0. The Kier molecular flexibility index (Phi) is 4.91. The molecular weight excluding hydrogens is 368 g/mol. The van der Waals surface area contributed by atoms with Crippen LogP contribution in [0.2, 0.25) is 0 Å². The minimum absolute atomic E-state index is 0.253. The van der Waals surface area contributed by atoms with Gasteiger partial charge in [-0.1, -0.05) is 12.1 Å². The minimum Gasteiger partial charge on any atom is -0.493 e. The molecule has 0 unspecified atom stereocenters. The molecule has 0 atom stereocenters. The van der Waals surface area contributed by atoms with Crippen molar-refractivity contribution in [3.63, 3.8) is 0 Å². The number of hydrogen-bond donors (Lipinski definition) is 1. The van der Waals surface area contributed by atoms with Gasteiger partial charge >= 0.3 is 0 Å². The van der Waals surface area contributed by atoms with Gasteiger partial charge < -0.3 is 19.2 Å². The highest BCUT2D eigenvalue weighted by molar-refractivity contribution is 6.04. The van der Waals surface area contributed by atoms with Gasteiger partial charge in [0.2, 0.25) is 5.89 Å². The standard InChI is InChI=1S/C23H20N2O4/c1-14-7-9-18-20(11-14)29-23(25-18)16-5-4-6-17(12-16)24-22(26)15-8-10-19(27-2)21(13-15)28-3/h4-13H,1-3H3,(H,24,26). The van der Waals surface area contributed by atoms with E-state index in [2.05, 4.69) is 10.3 Å². The molecule has 0 saturated carbocycles. The molecule has 0 spiro atoms. The number of nitrogens with one attached hydrogen (secondary N) is 1. The first-order chi connectivity index (χ1) is 14.1. The third kappa shape index (κ3) is 3.78. The molecule has 0 fully saturated rings. The largest absolute Gasteiger partial charge is 0.493 e. The molecule has 4 rings (SSSR count). The summed E-state index contributed by atoms with van der Waals surface area (Å²) in [4.78, 5) is 17.2. The van der Waals surface area contributed by atoms with E-state index in [9.17, 15) is 4.79 Å². The van der Waals surface area contributed by atoms with E-state index in [1.54, 1.807) is 25.3 Å². The number of carbonyl (C=O) groups is 1. The first-order valence-corrected chi connectivity index (χ1v) is 9.08. The van der Waals surface area contributed by atoms with Crippen LogP contribution in [0.4, 0.5) is 5.69 Å². The average Bonchev–Trinajstić information content (AvgIpc) is 3.16. The maximum atomic E-state index is 12.7. The van der Waals surface area contributed by atoms with Crippen LogP contribution in [0.25, 0.3) is 22.6 Å². The SMILES string of the molecule is COc1ccc(C(=O)Nc2cccc(-c3nc4ccc(C)cc4o3)c2)cc1OC. The van der Waals surface area contributed by atoms with Crippen molar-refractivity contribution < 1.29 is 18.7 Å². The van der Waals surface area contributed by atoms with E-state index in [1.807, 2.05) is 49.4 Å². The van der Waals surface area contributed by atoms with Gasteiger partial charge in [0.15, 0.2) is 17.1 Å². The van der Waals surface area contributed by atoms with E-state index in [4.69, 9.17) is 13.9 Å². The number of amides is 1. The monoisotopic (exact) mass is 388 g/mol. The van der Waals surface area contributed by atoms with Crippen molar-refractivity contribution in [3.05, 3.63) is 71.8 Å². The predicted molar refractivity (Wildman–Crippen MR) is 112 cm³/mol. The Morgan fingerprint density at radius 2 is 1.79 bits per heavy atom. The Bertz CT molecular complexity index is 1200. The Hall–Kier alpha value is -3.80. The van der Waals surface area contributed by atoms with Gasteiger partial charge in [-0.2, -0.15) is 0 Å². The van der Waals surface area contributed by atoms with Crippen LogP contribution < -0.4 is 14.8 Å². The second-order valence-corrected chi connectivity index (χ2v) is 6.59. The minimum atomic E-state index is -0.253. The Morgan fingerprint density at radius 3 is 2.59 bits per heavy atom. The highest BCUT2D eigenvalue weighted by Gasteiger charge is 2.13. The number of benzene rings is 3. The zero-order valence-electron chi connectivity index (χ0n) is 16.4. The summed E-state index contributed by atoms with van der Waals surface area (Å²) < 4.78 is 16.4. The molecule has 0 saturated heterocycles. The van der Waals surface area contributed by atoms with E-state index >= 15 is 0 Å². The first kappa shape index (κ1) is 18.6. The number of methoxy groups -OCH3 is 2. The maximum Gasteiger partial charge on any atom is 0.255 e. The number of hydrogen-bond acceptors (Lipinski definition) is 5. The van der Waals surface area contributed by atoms with Gasteiger partial charge in [0, 0.05) is 16.8 Å². The summed E-state index contributed by atoms with van der Waals surface area (Å²) in [7, 11) is 3.08. The van der Waals surface area contributed by atoms with Crippen LogP contribution in [0.3, 0.4) is 0 Å². The summed E-state index contributed by atoms with van der Waals surface area (Å²) in [6.45, 7) is 2.01. The van der Waals surface area contributed by atoms with Crippen LogP contribution in [-0.4, -0.2) is 25.1 Å². The van der Waals surface area contributed by atoms with Crippen LogP contribution in [0.1, 0.15) is 15.9 Å². The summed E-state index contributed by atoms with van der Waals surface area (Å²) in [6.07, 6.45) is 0. The zero-order chi connectivity index (χ0) is 20.4. The lowest BCUT2D eigenvalue weighted by Crippen LogP contribution is -2.12. The molecule has 6 nitrogen and oxygen atoms in total. The van der Waals surface area contributed by atoms with Gasteiger partial charge in [0.1, 0.15) is 5.52 Å². The molecule has 0 radical (unpaired) electrons. The van der Waals surface area contributed by atoms with Crippen LogP contribution in [-0.2, 0) is 0 Å². The molecule has 1 N–H and O–H groups in total. The number of fused-ring (bicyclic) bond motifs is 1. The molecule has 1 aromatic heterocycles.